The van der Waals surface area contributed by atoms with Gasteiger partial charge in [0.2, 0.25) is 5.91 Å². The molecule has 10 heteroatoms. The second kappa shape index (κ2) is 10.6. The van der Waals surface area contributed by atoms with Crippen LogP contribution in [-0.2, 0) is 17.8 Å². The average Bonchev–Trinajstić information content (AvgIpc) is 3.85. The topological polar surface area (TPSA) is 84.3 Å². The molecule has 3 aliphatic rings. The second-order valence-corrected chi connectivity index (χ2v) is 13.2. The smallest absolute Gasteiger partial charge is 0.275 e. The van der Waals surface area contributed by atoms with E-state index in [4.69, 9.17) is 11.6 Å². The van der Waals surface area contributed by atoms with Crippen LogP contribution >= 0.6 is 11.6 Å². The molecule has 6 rings (SSSR count). The molecule has 1 saturated heterocycles. The molecular weight excluding hydrogens is 567 g/mol. The van der Waals surface area contributed by atoms with E-state index in [-0.39, 0.29) is 39.2 Å². The number of anilines is 2. The summed E-state index contributed by atoms with van der Waals surface area (Å²) in [6, 6.07) is 6.84. The lowest BCUT2D eigenvalue weighted by molar-refractivity contribution is -0.120. The molecule has 8 nitrogen and oxygen atoms in total. The zero-order chi connectivity index (χ0) is 30.7. The van der Waals surface area contributed by atoms with Gasteiger partial charge in [0.1, 0.15) is 5.02 Å². The second-order valence-electron chi connectivity index (χ2n) is 12.9. The number of aromatic nitrogens is 3. The van der Waals surface area contributed by atoms with Crippen LogP contribution in [0, 0.1) is 23.6 Å². The normalized spacial score (nSPS) is 20.2. The molecule has 1 unspecified atom stereocenters. The van der Waals surface area contributed by atoms with Gasteiger partial charge < -0.3 is 10.2 Å². The van der Waals surface area contributed by atoms with Crippen molar-refractivity contribution in [2.45, 2.75) is 66.5 Å². The number of pyridine rings is 1. The molecule has 1 saturated carbocycles. The van der Waals surface area contributed by atoms with Gasteiger partial charge >= 0.3 is 0 Å². The van der Waals surface area contributed by atoms with Gasteiger partial charge in [-0.15, -0.1) is 0 Å². The molecule has 2 aliphatic heterocycles. The van der Waals surface area contributed by atoms with Crippen molar-refractivity contribution in [2.24, 2.45) is 15.8 Å². The number of fused-ring (bicyclic) bond motifs is 1. The Morgan fingerprint density at radius 2 is 2.02 bits per heavy atom. The van der Waals surface area contributed by atoms with Gasteiger partial charge in [-0.3, -0.25) is 23.8 Å². The first kappa shape index (κ1) is 29.1. The van der Waals surface area contributed by atoms with Gasteiger partial charge in [0.05, 0.1) is 29.3 Å². The zero-order valence-corrected chi connectivity index (χ0v) is 25.9. The number of aryl methyl sites for hydroxylation is 1. The first-order valence-electron chi connectivity index (χ1n) is 14.6. The number of carbonyl (C=O) groups excluding carboxylic acids is 1. The van der Waals surface area contributed by atoms with Crippen molar-refractivity contribution in [2.75, 3.05) is 16.8 Å². The number of nitrogens with zero attached hydrogens (tertiary/aromatic N) is 5. The molecule has 4 heterocycles. The minimum Gasteiger partial charge on any atom is -0.359 e. The molecule has 2 aromatic heterocycles. The van der Waals surface area contributed by atoms with E-state index in [0.717, 1.165) is 32.4 Å². The highest BCUT2D eigenvalue weighted by molar-refractivity contribution is 6.33. The van der Waals surface area contributed by atoms with E-state index in [9.17, 15) is 9.59 Å². The van der Waals surface area contributed by atoms with Crippen LogP contribution in [0.5, 0.6) is 0 Å². The SMILES string of the molecule is C/C=C/N=C(/C=C/n1c(C)cc(N2CC2c2cnn3c2CC(C)(C)C3)c(Cl)c1=O)c1cccc(NC(=O)C2(C)CC2)c1F. The third-order valence-electron chi connectivity index (χ3n) is 8.66. The largest absolute Gasteiger partial charge is 0.359 e. The van der Waals surface area contributed by atoms with E-state index >= 15 is 4.39 Å². The predicted octanol–water partition coefficient (Wildman–Crippen LogP) is 6.52. The number of amides is 1. The Morgan fingerprint density at radius 3 is 2.74 bits per heavy atom. The summed E-state index contributed by atoms with van der Waals surface area (Å²) < 4.78 is 19.2. The summed E-state index contributed by atoms with van der Waals surface area (Å²) >= 11 is 6.68. The Morgan fingerprint density at radius 1 is 1.26 bits per heavy atom. The fourth-order valence-corrected chi connectivity index (χ4v) is 5.99. The Labute approximate surface area is 255 Å². The molecule has 3 aromatic rings. The molecular formula is C33H36ClFN6O2. The first-order valence-corrected chi connectivity index (χ1v) is 15.0. The van der Waals surface area contributed by atoms with Crippen LogP contribution in [0.1, 0.15) is 69.1 Å². The maximum Gasteiger partial charge on any atom is 0.275 e. The number of carbonyl (C=O) groups is 1. The summed E-state index contributed by atoms with van der Waals surface area (Å²) in [7, 11) is 0. The minimum atomic E-state index is -0.590. The molecule has 2 fully saturated rings. The molecule has 0 spiro atoms. The van der Waals surface area contributed by atoms with Crippen LogP contribution in [0.3, 0.4) is 0 Å². The molecule has 0 radical (unpaired) electrons. The van der Waals surface area contributed by atoms with Crippen molar-refractivity contribution in [3.8, 4) is 0 Å². The number of rotatable bonds is 8. The van der Waals surface area contributed by atoms with Gasteiger partial charge in [0.25, 0.3) is 5.56 Å². The van der Waals surface area contributed by atoms with E-state index in [2.05, 4.69) is 38.8 Å². The molecule has 0 bridgehead atoms. The van der Waals surface area contributed by atoms with Crippen molar-refractivity contribution in [1.82, 2.24) is 14.3 Å². The van der Waals surface area contributed by atoms with Crippen LogP contribution in [-0.4, -0.2) is 32.5 Å². The quantitative estimate of drug-likeness (QED) is 0.235. The van der Waals surface area contributed by atoms with Gasteiger partial charge in [-0.1, -0.05) is 44.5 Å². The molecule has 1 aliphatic carbocycles. The highest BCUT2D eigenvalue weighted by Gasteiger charge is 2.45. The van der Waals surface area contributed by atoms with Crippen LogP contribution in [0.15, 0.2) is 58.6 Å². The summed E-state index contributed by atoms with van der Waals surface area (Å²) in [5.74, 6) is -0.786. The highest BCUT2D eigenvalue weighted by atomic mass is 35.5. The maximum atomic E-state index is 15.6. The van der Waals surface area contributed by atoms with Crippen molar-refractivity contribution in [3.63, 3.8) is 0 Å². The average molecular weight is 603 g/mol. The fraction of sp³-hybridized carbons (Fsp3) is 0.394. The summed E-state index contributed by atoms with van der Waals surface area (Å²) in [6.45, 7) is 11.7. The van der Waals surface area contributed by atoms with Crippen LogP contribution in [0.2, 0.25) is 5.02 Å². The van der Waals surface area contributed by atoms with Crippen molar-refractivity contribution in [3.05, 3.63) is 92.5 Å². The first-order chi connectivity index (χ1) is 20.4. The van der Waals surface area contributed by atoms with Crippen LogP contribution in [0.25, 0.3) is 6.20 Å². The molecule has 224 valence electrons. The monoisotopic (exact) mass is 602 g/mol. The number of allylic oxidation sites excluding steroid dienone is 2. The van der Waals surface area contributed by atoms with E-state index in [1.165, 1.54) is 21.9 Å². The van der Waals surface area contributed by atoms with Crippen molar-refractivity contribution >= 4 is 40.8 Å². The van der Waals surface area contributed by atoms with E-state index in [1.54, 1.807) is 43.6 Å². The summed E-state index contributed by atoms with van der Waals surface area (Å²) in [6.07, 6.45) is 10.9. The Bertz CT molecular complexity index is 1780. The van der Waals surface area contributed by atoms with Crippen molar-refractivity contribution < 1.29 is 9.18 Å². The number of halogens is 2. The lowest BCUT2D eigenvalue weighted by atomic mass is 9.90. The van der Waals surface area contributed by atoms with E-state index < -0.39 is 11.2 Å². The molecule has 1 atom stereocenters. The molecule has 1 N–H and O–H groups in total. The Balaban J connectivity index is 1.26. The number of aliphatic imine (C=N–C) groups is 1. The lowest BCUT2D eigenvalue weighted by Gasteiger charge is -2.15. The highest BCUT2D eigenvalue weighted by Crippen LogP contribution is 2.47. The molecule has 1 aromatic carbocycles. The summed E-state index contributed by atoms with van der Waals surface area (Å²) in [5, 5.41) is 7.45. The number of hydrogen-bond donors (Lipinski definition) is 1. The summed E-state index contributed by atoms with van der Waals surface area (Å²) in [4.78, 5) is 32.6. The van der Waals surface area contributed by atoms with Gasteiger partial charge in [-0.2, -0.15) is 5.10 Å². The zero-order valence-electron chi connectivity index (χ0n) is 25.1. The minimum absolute atomic E-state index is 0.0959. The van der Waals surface area contributed by atoms with Crippen LogP contribution in [0.4, 0.5) is 15.8 Å². The third kappa shape index (κ3) is 5.46. The molecule has 43 heavy (non-hydrogen) atoms. The van der Waals surface area contributed by atoms with E-state index in [0.29, 0.717) is 17.1 Å². The van der Waals surface area contributed by atoms with Crippen LogP contribution < -0.4 is 15.8 Å². The lowest BCUT2D eigenvalue weighted by Crippen LogP contribution is -2.22. The van der Waals surface area contributed by atoms with E-state index in [1.807, 2.05) is 26.1 Å². The third-order valence-corrected chi connectivity index (χ3v) is 9.01. The number of nitrogens with one attached hydrogen (secondary N) is 1. The fourth-order valence-electron chi connectivity index (χ4n) is 5.74. The Hall–Kier alpha value is -3.98. The number of benzene rings is 1. The van der Waals surface area contributed by atoms with Gasteiger partial charge in [-0.25, -0.2) is 4.39 Å². The maximum absolute atomic E-state index is 15.6. The van der Waals surface area contributed by atoms with Gasteiger partial charge in [0, 0.05) is 53.4 Å². The van der Waals surface area contributed by atoms with Gasteiger partial charge in [0.15, 0.2) is 5.82 Å². The predicted molar refractivity (Wildman–Crippen MR) is 169 cm³/mol. The Kier molecular flexibility index (Phi) is 7.19. The summed E-state index contributed by atoms with van der Waals surface area (Å²) in [5.41, 5.74) is 3.78. The standard InChI is InChI=1S/C33H36ClFN6O2/c1-6-13-36-23(21-8-7-9-24(29(21)35)38-31(43)33(5)11-12-33)10-14-39-20(2)15-25(28(34)30(39)42)40-18-27(40)22-17-37-41-19-32(3,4)16-26(22)41/h6-10,13-15,17,27H,11-12,16,18-19H2,1-5H3,(H,38,43)/b13-6+,14-10+,36-23-. The molecule has 1 amide bonds. The van der Waals surface area contributed by atoms with Gasteiger partial charge in [-0.05, 0) is 62.8 Å². The number of hydrogen-bond acceptors (Lipinski definition) is 5. The van der Waals surface area contributed by atoms with Crippen molar-refractivity contribution in [1.29, 1.82) is 0 Å².